The van der Waals surface area contributed by atoms with Crippen LogP contribution in [0.5, 0.6) is 11.6 Å². The lowest BCUT2D eigenvalue weighted by atomic mass is 9.74. The number of methoxy groups -OCH3 is 2. The van der Waals surface area contributed by atoms with Crippen LogP contribution in [0.2, 0.25) is 0 Å². The summed E-state index contributed by atoms with van der Waals surface area (Å²) < 4.78 is 12.7. The summed E-state index contributed by atoms with van der Waals surface area (Å²) >= 11 is 0. The van der Waals surface area contributed by atoms with Gasteiger partial charge in [0.05, 0.1) is 43.3 Å². The minimum absolute atomic E-state index is 0.0672. The average Bonchev–Trinajstić information content (AvgIpc) is 3.81. The Bertz CT molecular complexity index is 1830. The molecule has 2 aliphatic rings. The van der Waals surface area contributed by atoms with Gasteiger partial charge in [-0.3, -0.25) is 19.6 Å². The monoisotopic (exact) mass is 593 g/mol. The lowest BCUT2D eigenvalue weighted by Gasteiger charge is -2.42. The van der Waals surface area contributed by atoms with Crippen LogP contribution >= 0.6 is 0 Å². The average molecular weight is 594 g/mol. The first kappa shape index (κ1) is 27.4. The molecule has 2 amide bonds. The number of aromatic amines is 1. The highest BCUT2D eigenvalue weighted by molar-refractivity contribution is 6.02. The van der Waals surface area contributed by atoms with Crippen molar-refractivity contribution in [2.24, 2.45) is 5.41 Å². The van der Waals surface area contributed by atoms with Crippen LogP contribution < -0.4 is 19.7 Å². The molecule has 0 aliphatic carbocycles. The molecule has 1 atom stereocenters. The number of ether oxygens (including phenoxy) is 2. The molecular formula is C31H31N9O4. The van der Waals surface area contributed by atoms with Crippen LogP contribution in [0.3, 0.4) is 0 Å². The van der Waals surface area contributed by atoms with E-state index in [0.717, 1.165) is 16.8 Å². The number of H-pyrrole nitrogens is 1. The van der Waals surface area contributed by atoms with E-state index in [4.69, 9.17) is 9.47 Å². The number of nitrogens with zero attached hydrogens (tertiary/aromatic N) is 7. The van der Waals surface area contributed by atoms with Gasteiger partial charge in [0.2, 0.25) is 11.8 Å². The molecule has 4 aromatic heterocycles. The van der Waals surface area contributed by atoms with Gasteiger partial charge in [-0.25, -0.2) is 9.50 Å². The first-order chi connectivity index (χ1) is 21.5. The predicted octanol–water partition coefficient (Wildman–Crippen LogP) is 3.28. The van der Waals surface area contributed by atoms with E-state index in [0.29, 0.717) is 55.2 Å². The molecule has 6 heterocycles. The van der Waals surface area contributed by atoms with Gasteiger partial charge < -0.3 is 19.7 Å². The Labute approximate surface area is 252 Å². The fraction of sp³-hybridized carbons (Fsp3) is 0.290. The highest BCUT2D eigenvalue weighted by atomic mass is 16.5. The molecule has 2 N–H and O–H groups in total. The molecule has 0 saturated carbocycles. The Hall–Kier alpha value is -5.46. The number of carbonyl (C=O) groups is 2. The minimum atomic E-state index is -0.577. The fourth-order valence-electron chi connectivity index (χ4n) is 6.28. The van der Waals surface area contributed by atoms with Crippen LogP contribution in [0.4, 0.5) is 11.6 Å². The van der Waals surface area contributed by atoms with Gasteiger partial charge in [-0.05, 0) is 37.1 Å². The summed E-state index contributed by atoms with van der Waals surface area (Å²) in [6, 6.07) is 12.6. The number of hydrogen-bond acceptors (Lipinski definition) is 9. The highest BCUT2D eigenvalue weighted by Gasteiger charge is 2.55. The van der Waals surface area contributed by atoms with Crippen LogP contribution in [-0.2, 0) is 4.79 Å². The third-order valence-electron chi connectivity index (χ3n) is 8.67. The van der Waals surface area contributed by atoms with Gasteiger partial charge >= 0.3 is 0 Å². The molecule has 13 nitrogen and oxygen atoms in total. The summed E-state index contributed by atoms with van der Waals surface area (Å²) in [6.07, 6.45) is 9.68. The van der Waals surface area contributed by atoms with Crippen molar-refractivity contribution in [1.29, 1.82) is 0 Å². The number of carbonyl (C=O) groups excluding carboxylic acids is 2. The zero-order valence-electron chi connectivity index (χ0n) is 24.3. The summed E-state index contributed by atoms with van der Waals surface area (Å²) in [5.74, 6) is 1.08. The van der Waals surface area contributed by atoms with Gasteiger partial charge in [0.1, 0.15) is 11.8 Å². The number of anilines is 2. The first-order valence-corrected chi connectivity index (χ1v) is 14.3. The number of fused-ring (bicyclic) bond motifs is 1. The Balaban J connectivity index is 1.19. The summed E-state index contributed by atoms with van der Waals surface area (Å²) in [5.41, 5.74) is 3.05. The molecule has 1 unspecified atom stereocenters. The fourth-order valence-corrected chi connectivity index (χ4v) is 6.28. The van der Waals surface area contributed by atoms with Gasteiger partial charge in [-0.2, -0.15) is 15.2 Å². The second kappa shape index (κ2) is 11.0. The smallest absolute Gasteiger partial charge is 0.257 e. The quantitative estimate of drug-likeness (QED) is 0.291. The molecule has 0 bridgehead atoms. The number of benzene rings is 1. The van der Waals surface area contributed by atoms with Crippen molar-refractivity contribution in [1.82, 2.24) is 34.7 Å². The number of amides is 2. The molecule has 224 valence electrons. The molecule has 1 aromatic carbocycles. The van der Waals surface area contributed by atoms with Crippen LogP contribution in [0.25, 0.3) is 16.6 Å². The van der Waals surface area contributed by atoms with Gasteiger partial charge in [0, 0.05) is 61.0 Å². The second-order valence-corrected chi connectivity index (χ2v) is 11.1. The standard InChI is InChI=1S/C31H31N9O4/c1-43-22-7-5-6-21(14-22)36-26-29(42)39(30-32-17-23(27(37-30)44-2)20-15-33-34-16-20)19-31(26)9-12-38(13-10-31)28(41)24-18-35-40-11-4-3-8-25(24)40/h3-8,11,14-18,26,36H,9-10,12-13,19H2,1-2H3,(H,33,34). The number of piperidine rings is 1. The van der Waals surface area contributed by atoms with E-state index in [9.17, 15) is 9.59 Å². The van der Waals surface area contributed by atoms with Crippen molar-refractivity contribution in [3.8, 4) is 22.8 Å². The lowest BCUT2D eigenvalue weighted by molar-refractivity contribution is -0.119. The van der Waals surface area contributed by atoms with Crippen LogP contribution in [-0.4, -0.2) is 86.4 Å². The predicted molar refractivity (Wildman–Crippen MR) is 162 cm³/mol. The number of hydrogen-bond donors (Lipinski definition) is 2. The molecule has 13 heteroatoms. The van der Waals surface area contributed by atoms with E-state index in [1.54, 1.807) is 41.3 Å². The van der Waals surface area contributed by atoms with Crippen molar-refractivity contribution >= 4 is 29.0 Å². The zero-order valence-corrected chi connectivity index (χ0v) is 24.3. The number of aromatic nitrogens is 6. The Morgan fingerprint density at radius 1 is 1.07 bits per heavy atom. The topological polar surface area (TPSA) is 143 Å². The van der Waals surface area contributed by atoms with Crippen LogP contribution in [0, 0.1) is 5.41 Å². The number of rotatable bonds is 7. The van der Waals surface area contributed by atoms with Crippen LogP contribution in [0.15, 0.2) is 73.4 Å². The molecule has 2 saturated heterocycles. The van der Waals surface area contributed by atoms with Gasteiger partial charge in [0.15, 0.2) is 0 Å². The second-order valence-electron chi connectivity index (χ2n) is 11.1. The third-order valence-corrected chi connectivity index (χ3v) is 8.67. The largest absolute Gasteiger partial charge is 0.497 e. The van der Waals surface area contributed by atoms with Gasteiger partial charge in [-0.15, -0.1) is 0 Å². The van der Waals surface area contributed by atoms with Crippen molar-refractivity contribution in [3.63, 3.8) is 0 Å². The SMILES string of the molecule is COc1cccc(NC2C(=O)N(c3ncc(-c4cn[nH]c4)c(OC)n3)CC23CCN(C(=O)c2cnn4ccccc24)CC3)c1. The van der Waals surface area contributed by atoms with Crippen molar-refractivity contribution in [2.75, 3.05) is 44.1 Å². The van der Waals surface area contributed by atoms with E-state index in [-0.39, 0.29) is 17.8 Å². The van der Waals surface area contributed by atoms with E-state index < -0.39 is 11.5 Å². The molecule has 0 radical (unpaired) electrons. The molecule has 2 aliphatic heterocycles. The Kier molecular flexibility index (Phi) is 6.84. The van der Waals surface area contributed by atoms with Gasteiger partial charge in [-0.1, -0.05) is 12.1 Å². The molecule has 2 fully saturated rings. The summed E-state index contributed by atoms with van der Waals surface area (Å²) in [7, 11) is 3.14. The van der Waals surface area contributed by atoms with Crippen molar-refractivity contribution in [3.05, 3.63) is 79.0 Å². The van der Waals surface area contributed by atoms with Crippen molar-refractivity contribution < 1.29 is 19.1 Å². The van der Waals surface area contributed by atoms with Gasteiger partial charge in [0.25, 0.3) is 11.8 Å². The molecule has 44 heavy (non-hydrogen) atoms. The zero-order chi connectivity index (χ0) is 30.3. The Morgan fingerprint density at radius 3 is 2.70 bits per heavy atom. The summed E-state index contributed by atoms with van der Waals surface area (Å²) in [5, 5.41) is 14.6. The van der Waals surface area contributed by atoms with Crippen molar-refractivity contribution in [2.45, 2.75) is 18.9 Å². The minimum Gasteiger partial charge on any atom is -0.497 e. The van der Waals surface area contributed by atoms with E-state index in [1.807, 2.05) is 53.6 Å². The molecular weight excluding hydrogens is 562 g/mol. The van der Waals surface area contributed by atoms with E-state index in [1.165, 1.54) is 7.11 Å². The number of nitrogens with one attached hydrogen (secondary N) is 2. The van der Waals surface area contributed by atoms with E-state index >= 15 is 0 Å². The summed E-state index contributed by atoms with van der Waals surface area (Å²) in [4.78, 5) is 40.5. The maximum absolute atomic E-state index is 14.2. The molecule has 1 spiro atoms. The maximum Gasteiger partial charge on any atom is 0.257 e. The highest BCUT2D eigenvalue weighted by Crippen LogP contribution is 2.44. The molecule has 5 aromatic rings. The number of pyridine rings is 1. The normalized spacial score (nSPS) is 17.8. The molecule has 7 rings (SSSR count). The maximum atomic E-state index is 14.2. The third kappa shape index (κ3) is 4.66. The number of likely N-dealkylation sites (tertiary alicyclic amines) is 1. The first-order valence-electron chi connectivity index (χ1n) is 14.3. The Morgan fingerprint density at radius 2 is 1.93 bits per heavy atom. The lowest BCUT2D eigenvalue weighted by Crippen LogP contribution is -2.50. The van der Waals surface area contributed by atoms with Crippen LogP contribution in [0.1, 0.15) is 23.2 Å². The summed E-state index contributed by atoms with van der Waals surface area (Å²) in [6.45, 7) is 1.37. The van der Waals surface area contributed by atoms with E-state index in [2.05, 4.69) is 30.6 Å².